The maximum absolute atomic E-state index is 13.1. The fourth-order valence-corrected chi connectivity index (χ4v) is 10.3. The lowest BCUT2D eigenvalue weighted by molar-refractivity contribution is 0.0996. The van der Waals surface area contributed by atoms with Crippen LogP contribution in [0.4, 0.5) is 23.0 Å². The second-order valence-electron chi connectivity index (χ2n) is 15.3. The quantitative estimate of drug-likeness (QED) is 0.0920. The molecule has 10 rings (SSSR count). The average Bonchev–Trinajstić information content (AvgIpc) is 4.14. The van der Waals surface area contributed by atoms with Gasteiger partial charge in [0.05, 0.1) is 46.1 Å². The number of para-hydroxylation sites is 2. The first-order valence-corrected chi connectivity index (χ1v) is 22.3. The van der Waals surface area contributed by atoms with Gasteiger partial charge in [0.2, 0.25) is 0 Å². The highest BCUT2D eigenvalue weighted by molar-refractivity contribution is 7.18. The van der Waals surface area contributed by atoms with Crippen LogP contribution in [0.2, 0.25) is 0 Å². The van der Waals surface area contributed by atoms with E-state index in [2.05, 4.69) is 26.7 Å². The van der Waals surface area contributed by atoms with Gasteiger partial charge in [0, 0.05) is 70.2 Å². The molecule has 6 aromatic heterocycles. The van der Waals surface area contributed by atoms with Crippen LogP contribution >= 0.6 is 22.7 Å². The number of hydrogen-bond acceptors (Lipinski definition) is 12. The minimum Gasteiger partial charge on any atom is -0.495 e. The van der Waals surface area contributed by atoms with Gasteiger partial charge in [0.1, 0.15) is 40.6 Å². The van der Waals surface area contributed by atoms with Gasteiger partial charge >= 0.3 is 0 Å². The van der Waals surface area contributed by atoms with E-state index in [-0.39, 0.29) is 11.8 Å². The summed E-state index contributed by atoms with van der Waals surface area (Å²) in [4.78, 5) is 46.2. The Hall–Kier alpha value is -8.72. The molecule has 0 bridgehead atoms. The van der Waals surface area contributed by atoms with Crippen LogP contribution < -0.4 is 37.3 Å². The van der Waals surface area contributed by atoms with Gasteiger partial charge < -0.3 is 46.4 Å². The number of nitrogens with two attached hydrogens (primary N) is 3. The molecule has 17 heteroatoms. The Bertz CT molecular complexity index is 3670. The second kappa shape index (κ2) is 17.7. The number of aromatic nitrogens is 4. The third-order valence-corrected chi connectivity index (χ3v) is 13.6. The highest BCUT2D eigenvalue weighted by atomic mass is 32.1. The number of hydrogen-bond donors (Lipinski definition) is 5. The number of amides is 3. The van der Waals surface area contributed by atoms with E-state index < -0.39 is 5.91 Å². The molecule has 4 aromatic carbocycles. The van der Waals surface area contributed by atoms with Crippen LogP contribution in [0.25, 0.3) is 64.2 Å². The third kappa shape index (κ3) is 7.85. The van der Waals surface area contributed by atoms with Crippen LogP contribution in [0.1, 0.15) is 36.9 Å². The highest BCUT2D eigenvalue weighted by Gasteiger charge is 2.21. The van der Waals surface area contributed by atoms with E-state index in [1.807, 2.05) is 119 Å². The standard InChI is InChI=1S/C25H21N5O3S.C25H19N5O2S/c1-30-18-6-4-3-5-14(18)9-19(30)25(32)29-17-8-7-13(10-20(17)33-2)16-12-34-22-15(24(27)31)11-28-23(26)21(16)22;1-30-19-6-4-3-5-15(19)9-20(30)25(31)29-18-8-7-14(10-21(18)32-2)17-13-33-23-16(11-26)12-28-24(27)22(17)23/h3-12H,1-2H3,(H2,26,28)(H2,27,31)(H,29,32);3-10,12-13H,1-2H3,(H2,27,28)(H,29,31). The molecule has 15 nitrogen and oxygen atoms in total. The molecule has 0 saturated heterocycles. The normalized spacial score (nSPS) is 11.0. The minimum absolute atomic E-state index is 0.229. The zero-order valence-electron chi connectivity index (χ0n) is 36.4. The summed E-state index contributed by atoms with van der Waals surface area (Å²) in [7, 11) is 6.82. The summed E-state index contributed by atoms with van der Waals surface area (Å²) < 4.78 is 16.4. The number of ether oxygens (including phenoxy) is 2. The number of benzene rings is 4. The fraction of sp³-hybridized carbons (Fsp3) is 0.0800. The van der Waals surface area contributed by atoms with Gasteiger partial charge in [-0.15, -0.1) is 22.7 Å². The molecule has 0 spiro atoms. The Morgan fingerprint density at radius 2 is 1.12 bits per heavy atom. The Morgan fingerprint density at radius 3 is 1.58 bits per heavy atom. The largest absolute Gasteiger partial charge is 0.495 e. The molecule has 0 fully saturated rings. The van der Waals surface area contributed by atoms with Crippen molar-refractivity contribution < 1.29 is 23.9 Å². The minimum atomic E-state index is -0.560. The first-order chi connectivity index (χ1) is 32.4. The number of nitriles is 1. The second-order valence-corrected chi connectivity index (χ2v) is 17.1. The van der Waals surface area contributed by atoms with Crippen molar-refractivity contribution in [2.45, 2.75) is 0 Å². The summed E-state index contributed by atoms with van der Waals surface area (Å²) in [5.41, 5.74) is 26.0. The van der Waals surface area contributed by atoms with Crippen molar-refractivity contribution >= 4 is 105 Å². The molecule has 8 N–H and O–H groups in total. The summed E-state index contributed by atoms with van der Waals surface area (Å²) in [6.45, 7) is 0. The number of nitrogen functional groups attached to an aromatic ring is 2. The number of aryl methyl sites for hydroxylation is 2. The van der Waals surface area contributed by atoms with Crippen molar-refractivity contribution in [3.8, 4) is 39.8 Å². The summed E-state index contributed by atoms with van der Waals surface area (Å²) in [6.07, 6.45) is 2.89. The summed E-state index contributed by atoms with van der Waals surface area (Å²) in [5.74, 6) is 0.646. The van der Waals surface area contributed by atoms with Crippen LogP contribution in [0.5, 0.6) is 11.5 Å². The summed E-state index contributed by atoms with van der Waals surface area (Å²) in [5, 5.41) is 22.5. The van der Waals surface area contributed by atoms with Crippen molar-refractivity contribution in [1.82, 2.24) is 19.1 Å². The van der Waals surface area contributed by atoms with E-state index in [4.69, 9.17) is 26.7 Å². The maximum Gasteiger partial charge on any atom is 0.272 e. The number of pyridine rings is 2. The van der Waals surface area contributed by atoms with Crippen LogP contribution in [-0.4, -0.2) is 51.0 Å². The average molecular weight is 925 g/mol. The number of carbonyl (C=O) groups excluding carboxylic acids is 3. The van der Waals surface area contributed by atoms with Gasteiger partial charge in [-0.2, -0.15) is 5.26 Å². The molecule has 0 aliphatic heterocycles. The molecule has 0 radical (unpaired) electrons. The van der Waals surface area contributed by atoms with Gasteiger partial charge in [-0.25, -0.2) is 9.97 Å². The monoisotopic (exact) mass is 924 g/mol. The first-order valence-electron chi connectivity index (χ1n) is 20.5. The topological polar surface area (TPSA) is 231 Å². The Labute approximate surface area is 390 Å². The van der Waals surface area contributed by atoms with Crippen LogP contribution in [-0.2, 0) is 14.1 Å². The number of nitrogens with zero attached hydrogens (tertiary/aromatic N) is 5. The molecule has 3 amide bonds. The summed E-state index contributed by atoms with van der Waals surface area (Å²) in [6, 6.07) is 32.5. The zero-order valence-corrected chi connectivity index (χ0v) is 38.0. The van der Waals surface area contributed by atoms with Gasteiger partial charge in [0.15, 0.2) is 0 Å². The smallest absolute Gasteiger partial charge is 0.272 e. The number of rotatable bonds is 9. The van der Waals surface area contributed by atoms with E-state index in [0.29, 0.717) is 67.1 Å². The Morgan fingerprint density at radius 1 is 0.657 bits per heavy atom. The molecule has 332 valence electrons. The molecule has 0 unspecified atom stereocenters. The summed E-state index contributed by atoms with van der Waals surface area (Å²) >= 11 is 2.82. The maximum atomic E-state index is 13.1. The van der Waals surface area contributed by atoms with Gasteiger partial charge in [0.25, 0.3) is 17.7 Å². The molecule has 10 aromatic rings. The van der Waals surface area contributed by atoms with Crippen molar-refractivity contribution in [3.63, 3.8) is 0 Å². The molecule has 0 aliphatic rings. The fourth-order valence-electron chi connectivity index (χ4n) is 8.13. The van der Waals surface area contributed by atoms with E-state index >= 15 is 0 Å². The number of methoxy groups -OCH3 is 2. The number of primary amides is 1. The lowest BCUT2D eigenvalue weighted by Gasteiger charge is -2.13. The van der Waals surface area contributed by atoms with E-state index in [1.54, 1.807) is 26.4 Å². The van der Waals surface area contributed by atoms with Crippen molar-refractivity contribution in [1.29, 1.82) is 5.26 Å². The number of thiophene rings is 2. The van der Waals surface area contributed by atoms with Crippen LogP contribution in [0.15, 0.2) is 120 Å². The Kier molecular flexibility index (Phi) is 11.5. The van der Waals surface area contributed by atoms with Crippen LogP contribution in [0.3, 0.4) is 0 Å². The zero-order chi connectivity index (χ0) is 47.1. The van der Waals surface area contributed by atoms with Gasteiger partial charge in [-0.05, 0) is 70.4 Å². The van der Waals surface area contributed by atoms with E-state index in [0.717, 1.165) is 54.1 Å². The molecule has 67 heavy (non-hydrogen) atoms. The highest BCUT2D eigenvalue weighted by Crippen LogP contribution is 2.42. The van der Waals surface area contributed by atoms with Gasteiger partial charge in [-0.1, -0.05) is 48.5 Å². The van der Waals surface area contributed by atoms with Gasteiger partial charge in [-0.3, -0.25) is 14.4 Å². The number of carbonyl (C=O) groups is 3. The lowest BCUT2D eigenvalue weighted by Crippen LogP contribution is -2.16. The molecule has 0 atom stereocenters. The third-order valence-electron chi connectivity index (χ3n) is 11.5. The number of anilines is 4. The Balaban J connectivity index is 0.000000168. The molecule has 0 aliphatic carbocycles. The first kappa shape index (κ1) is 43.5. The number of nitrogens with one attached hydrogen (secondary N) is 2. The SMILES string of the molecule is COc1cc(-c2csc3c(C#N)cnc(N)c23)ccc1NC(=O)c1cc2ccccc2n1C.COc1cc(-c2csc3c(C(N)=O)cnc(N)c23)ccc1NC(=O)c1cc2ccccc2n1C. The van der Waals surface area contributed by atoms with E-state index in [1.165, 1.54) is 35.1 Å². The van der Waals surface area contributed by atoms with Crippen molar-refractivity contribution in [2.75, 3.05) is 36.3 Å². The van der Waals surface area contributed by atoms with Crippen molar-refractivity contribution in [2.24, 2.45) is 19.8 Å². The van der Waals surface area contributed by atoms with Crippen LogP contribution in [0, 0.1) is 11.3 Å². The number of fused-ring (bicyclic) bond motifs is 4. The van der Waals surface area contributed by atoms with E-state index in [9.17, 15) is 19.6 Å². The molecular weight excluding hydrogens is 885 g/mol. The molecule has 0 saturated carbocycles. The van der Waals surface area contributed by atoms with Crippen molar-refractivity contribution in [3.05, 3.63) is 143 Å². The molecular formula is C50H40N10O5S2. The lowest BCUT2D eigenvalue weighted by atomic mass is 10.0. The predicted octanol–water partition coefficient (Wildman–Crippen LogP) is 9.57. The predicted molar refractivity (Wildman–Crippen MR) is 267 cm³/mol. The molecule has 6 heterocycles.